The lowest BCUT2D eigenvalue weighted by Gasteiger charge is -2.34. The van der Waals surface area contributed by atoms with E-state index in [2.05, 4.69) is 22.1 Å². The Hall–Kier alpha value is -2.11. The van der Waals surface area contributed by atoms with Crippen LogP contribution in [0.2, 0.25) is 5.02 Å². The van der Waals surface area contributed by atoms with Gasteiger partial charge in [0, 0.05) is 43.1 Å². The van der Waals surface area contributed by atoms with Crippen LogP contribution in [0.3, 0.4) is 0 Å². The summed E-state index contributed by atoms with van der Waals surface area (Å²) in [5.74, 6) is 0.742. The highest BCUT2D eigenvalue weighted by atomic mass is 35.5. The third kappa shape index (κ3) is 4.30. The predicted molar refractivity (Wildman–Crippen MR) is 102 cm³/mol. The van der Waals surface area contributed by atoms with E-state index >= 15 is 0 Å². The van der Waals surface area contributed by atoms with Gasteiger partial charge in [-0.1, -0.05) is 24.6 Å². The Kier molecular flexibility index (Phi) is 5.56. The monoisotopic (exact) mass is 358 g/mol. The first kappa shape index (κ1) is 17.7. The van der Waals surface area contributed by atoms with Gasteiger partial charge in [-0.25, -0.2) is 4.98 Å². The molecule has 3 rings (SSSR count). The van der Waals surface area contributed by atoms with Gasteiger partial charge in [-0.2, -0.15) is 0 Å². The predicted octanol–water partition coefficient (Wildman–Crippen LogP) is 3.56. The molecule has 6 heteroatoms. The molecule has 0 saturated carbocycles. The number of anilines is 2. The minimum Gasteiger partial charge on any atom is -0.340 e. The number of aryl methyl sites for hydroxylation is 1. The molecule has 1 fully saturated rings. The molecule has 1 saturated heterocycles. The standard InChI is InChI=1S/C19H23ClN4O/c1-3-23-8-10-24(11-9-23)19(25)15-5-7-18(21-13-15)22-17-12-16(20)6-4-14(17)2/h4-7,12-13H,3,8-11H2,1-2H3,(H,21,22). The summed E-state index contributed by atoms with van der Waals surface area (Å²) in [6.07, 6.45) is 1.64. The molecule has 1 aliphatic rings. The molecule has 0 aliphatic carbocycles. The number of hydrogen-bond donors (Lipinski definition) is 1. The van der Waals surface area contributed by atoms with E-state index in [1.807, 2.05) is 42.2 Å². The summed E-state index contributed by atoms with van der Waals surface area (Å²) in [4.78, 5) is 21.2. The van der Waals surface area contributed by atoms with Crippen molar-refractivity contribution in [3.8, 4) is 0 Å². The minimum absolute atomic E-state index is 0.0498. The number of piperazine rings is 1. The van der Waals surface area contributed by atoms with Crippen LogP contribution < -0.4 is 5.32 Å². The molecule has 1 N–H and O–H groups in total. The van der Waals surface area contributed by atoms with E-state index in [0.29, 0.717) is 16.4 Å². The highest BCUT2D eigenvalue weighted by Gasteiger charge is 2.21. The van der Waals surface area contributed by atoms with Gasteiger partial charge in [-0.15, -0.1) is 0 Å². The summed E-state index contributed by atoms with van der Waals surface area (Å²) in [6, 6.07) is 9.33. The number of carbonyl (C=O) groups is 1. The van der Waals surface area contributed by atoms with Gasteiger partial charge in [0.05, 0.1) is 5.56 Å². The van der Waals surface area contributed by atoms with E-state index in [9.17, 15) is 4.79 Å². The van der Waals surface area contributed by atoms with Gasteiger partial charge < -0.3 is 15.1 Å². The number of benzene rings is 1. The molecule has 132 valence electrons. The van der Waals surface area contributed by atoms with Crippen molar-refractivity contribution < 1.29 is 4.79 Å². The quantitative estimate of drug-likeness (QED) is 0.907. The molecule has 0 bridgehead atoms. The van der Waals surface area contributed by atoms with Crippen molar-refractivity contribution in [1.82, 2.24) is 14.8 Å². The summed E-state index contributed by atoms with van der Waals surface area (Å²) < 4.78 is 0. The number of nitrogens with zero attached hydrogens (tertiary/aromatic N) is 3. The first-order valence-corrected chi connectivity index (χ1v) is 8.95. The van der Waals surface area contributed by atoms with Crippen molar-refractivity contribution >= 4 is 29.0 Å². The highest BCUT2D eigenvalue weighted by molar-refractivity contribution is 6.30. The van der Waals surface area contributed by atoms with Gasteiger partial charge in [-0.05, 0) is 43.3 Å². The minimum atomic E-state index is 0.0498. The molecule has 1 amide bonds. The zero-order valence-electron chi connectivity index (χ0n) is 14.6. The highest BCUT2D eigenvalue weighted by Crippen LogP contribution is 2.23. The summed E-state index contributed by atoms with van der Waals surface area (Å²) in [7, 11) is 0. The maximum atomic E-state index is 12.6. The van der Waals surface area contributed by atoms with Crippen LogP contribution in [0.1, 0.15) is 22.8 Å². The van der Waals surface area contributed by atoms with Crippen LogP contribution in [0, 0.1) is 6.92 Å². The van der Waals surface area contributed by atoms with Crippen LogP contribution in [-0.2, 0) is 0 Å². The van der Waals surface area contributed by atoms with Crippen molar-refractivity contribution in [3.05, 3.63) is 52.7 Å². The van der Waals surface area contributed by atoms with Gasteiger partial charge >= 0.3 is 0 Å². The Bertz CT molecular complexity index is 740. The van der Waals surface area contributed by atoms with Crippen LogP contribution in [-0.4, -0.2) is 53.4 Å². The first-order chi connectivity index (χ1) is 12.1. The van der Waals surface area contributed by atoms with Crippen LogP contribution in [0.15, 0.2) is 36.5 Å². The summed E-state index contributed by atoms with van der Waals surface area (Å²) in [5.41, 5.74) is 2.62. The number of hydrogen-bond acceptors (Lipinski definition) is 4. The van der Waals surface area contributed by atoms with Crippen molar-refractivity contribution in [2.45, 2.75) is 13.8 Å². The second-order valence-corrected chi connectivity index (χ2v) is 6.68. The van der Waals surface area contributed by atoms with Gasteiger partial charge in [0.2, 0.25) is 0 Å². The molecule has 0 atom stereocenters. The number of amides is 1. The third-order valence-corrected chi connectivity index (χ3v) is 4.81. The average Bonchev–Trinajstić information content (AvgIpc) is 2.65. The van der Waals surface area contributed by atoms with Crippen molar-refractivity contribution in [2.24, 2.45) is 0 Å². The van der Waals surface area contributed by atoms with E-state index in [4.69, 9.17) is 11.6 Å². The summed E-state index contributed by atoms with van der Waals surface area (Å²) in [6.45, 7) is 8.60. The topological polar surface area (TPSA) is 48.5 Å². The van der Waals surface area contributed by atoms with Crippen LogP contribution in [0.4, 0.5) is 11.5 Å². The van der Waals surface area contributed by atoms with Gasteiger partial charge in [0.15, 0.2) is 0 Å². The normalized spacial score (nSPS) is 15.2. The fraction of sp³-hybridized carbons (Fsp3) is 0.368. The summed E-state index contributed by atoms with van der Waals surface area (Å²) >= 11 is 6.04. The van der Waals surface area contributed by atoms with Gasteiger partial charge in [-0.3, -0.25) is 4.79 Å². The molecule has 1 aromatic heterocycles. The van der Waals surface area contributed by atoms with E-state index in [0.717, 1.165) is 44.0 Å². The second-order valence-electron chi connectivity index (χ2n) is 6.24. The number of rotatable bonds is 4. The SMILES string of the molecule is CCN1CCN(C(=O)c2ccc(Nc3cc(Cl)ccc3C)nc2)CC1. The molecular weight excluding hydrogens is 336 g/mol. The number of likely N-dealkylation sites (N-methyl/N-ethyl adjacent to an activating group) is 1. The average molecular weight is 359 g/mol. The van der Waals surface area contributed by atoms with E-state index in [-0.39, 0.29) is 5.91 Å². The zero-order valence-corrected chi connectivity index (χ0v) is 15.4. The Balaban J connectivity index is 1.66. The Morgan fingerprint density at radius 3 is 2.60 bits per heavy atom. The largest absolute Gasteiger partial charge is 0.340 e. The van der Waals surface area contributed by atoms with E-state index < -0.39 is 0 Å². The molecule has 2 heterocycles. The molecular formula is C19H23ClN4O. The van der Waals surface area contributed by atoms with Gasteiger partial charge in [0.25, 0.3) is 5.91 Å². The van der Waals surface area contributed by atoms with Gasteiger partial charge in [0.1, 0.15) is 5.82 Å². The summed E-state index contributed by atoms with van der Waals surface area (Å²) in [5, 5.41) is 3.92. The molecule has 2 aromatic rings. The lowest BCUT2D eigenvalue weighted by molar-refractivity contribution is 0.0643. The Labute approximate surface area is 153 Å². The fourth-order valence-electron chi connectivity index (χ4n) is 2.91. The fourth-order valence-corrected chi connectivity index (χ4v) is 3.08. The number of halogens is 1. The molecule has 1 aliphatic heterocycles. The third-order valence-electron chi connectivity index (χ3n) is 4.58. The van der Waals surface area contributed by atoms with Crippen molar-refractivity contribution in [1.29, 1.82) is 0 Å². The number of aromatic nitrogens is 1. The molecule has 0 unspecified atom stereocenters. The van der Waals surface area contributed by atoms with Crippen molar-refractivity contribution in [3.63, 3.8) is 0 Å². The lowest BCUT2D eigenvalue weighted by atomic mass is 10.2. The Morgan fingerprint density at radius 2 is 1.96 bits per heavy atom. The zero-order chi connectivity index (χ0) is 17.8. The second kappa shape index (κ2) is 7.85. The van der Waals surface area contributed by atoms with Crippen molar-refractivity contribution in [2.75, 3.05) is 38.0 Å². The number of nitrogens with one attached hydrogen (secondary N) is 1. The molecule has 5 nitrogen and oxygen atoms in total. The maximum absolute atomic E-state index is 12.6. The smallest absolute Gasteiger partial charge is 0.255 e. The number of pyridine rings is 1. The van der Waals surface area contributed by atoms with Crippen LogP contribution >= 0.6 is 11.6 Å². The van der Waals surface area contributed by atoms with E-state index in [1.165, 1.54) is 0 Å². The van der Waals surface area contributed by atoms with E-state index in [1.54, 1.807) is 6.20 Å². The molecule has 25 heavy (non-hydrogen) atoms. The lowest BCUT2D eigenvalue weighted by Crippen LogP contribution is -2.48. The first-order valence-electron chi connectivity index (χ1n) is 8.57. The molecule has 0 radical (unpaired) electrons. The number of carbonyl (C=O) groups excluding carboxylic acids is 1. The molecule has 0 spiro atoms. The Morgan fingerprint density at radius 1 is 1.20 bits per heavy atom. The molecule has 1 aromatic carbocycles. The maximum Gasteiger partial charge on any atom is 0.255 e. The van der Waals surface area contributed by atoms with Crippen LogP contribution in [0.5, 0.6) is 0 Å². The van der Waals surface area contributed by atoms with Crippen LogP contribution in [0.25, 0.3) is 0 Å².